The van der Waals surface area contributed by atoms with Gasteiger partial charge in [-0.25, -0.2) is 4.52 Å². The average Bonchev–Trinajstić information content (AvgIpc) is 3.35. The highest BCUT2D eigenvalue weighted by atomic mass is 16.5. The predicted octanol–water partition coefficient (Wildman–Crippen LogP) is 0.837. The molecule has 12 heteroatoms. The number of hydrogen-bond donors (Lipinski definition) is 3. The van der Waals surface area contributed by atoms with E-state index in [0.717, 1.165) is 19.3 Å². The van der Waals surface area contributed by atoms with Crippen LogP contribution in [-0.2, 0) is 25.6 Å². The van der Waals surface area contributed by atoms with Crippen LogP contribution in [0.1, 0.15) is 38.5 Å². The largest absolute Gasteiger partial charge is 0.388 e. The van der Waals surface area contributed by atoms with Gasteiger partial charge in [-0.1, -0.05) is 23.8 Å². The number of carbonyl (C=O) groups excluding carboxylic acids is 2. The van der Waals surface area contributed by atoms with Gasteiger partial charge in [-0.2, -0.15) is 5.10 Å². The maximum absolute atomic E-state index is 13.1. The molecule has 1 aliphatic carbocycles. The van der Waals surface area contributed by atoms with E-state index in [1.807, 2.05) is 0 Å². The first-order valence-electron chi connectivity index (χ1n) is 13.5. The zero-order chi connectivity index (χ0) is 27.7. The Balaban J connectivity index is 1.28. The van der Waals surface area contributed by atoms with Gasteiger partial charge >= 0.3 is 0 Å². The van der Waals surface area contributed by atoms with E-state index in [9.17, 15) is 19.5 Å². The van der Waals surface area contributed by atoms with Gasteiger partial charge in [-0.3, -0.25) is 19.0 Å². The van der Waals surface area contributed by atoms with Crippen LogP contribution in [-0.4, -0.2) is 87.7 Å². The molecule has 1 saturated heterocycles. The second-order valence-electron chi connectivity index (χ2n) is 9.95. The Morgan fingerprint density at radius 1 is 1.13 bits per heavy atom. The molecule has 12 nitrogen and oxygen atoms in total. The summed E-state index contributed by atoms with van der Waals surface area (Å²) in [5.41, 5.74) is 5.36. The van der Waals surface area contributed by atoms with Crippen LogP contribution in [0.3, 0.4) is 0 Å². The van der Waals surface area contributed by atoms with E-state index in [-0.39, 0.29) is 42.6 Å². The van der Waals surface area contributed by atoms with Crippen LogP contribution < -0.4 is 16.6 Å². The number of anilines is 1. The molecule has 39 heavy (non-hydrogen) atoms. The molecule has 2 aromatic heterocycles. The van der Waals surface area contributed by atoms with Gasteiger partial charge in [0.05, 0.1) is 32.0 Å². The van der Waals surface area contributed by atoms with Gasteiger partial charge in [0.15, 0.2) is 0 Å². The SMILES string of the molecule is NCCOCCOCC(=O)Nc1ccc2c(=O)n(CC3(O)CCN(C(=O)CCC4=CCCC=C4)CC3)cnn12. The summed E-state index contributed by atoms with van der Waals surface area (Å²) in [6.45, 7) is 2.24. The fourth-order valence-electron chi connectivity index (χ4n) is 4.79. The van der Waals surface area contributed by atoms with Crippen molar-refractivity contribution in [2.75, 3.05) is 51.4 Å². The van der Waals surface area contributed by atoms with E-state index >= 15 is 0 Å². The number of amides is 2. The molecule has 1 fully saturated rings. The number of nitrogens with zero attached hydrogens (tertiary/aromatic N) is 4. The molecule has 2 amide bonds. The average molecular weight is 543 g/mol. The Kier molecular flexibility index (Phi) is 10.0. The fraction of sp³-hybridized carbons (Fsp3) is 0.556. The molecule has 0 bridgehead atoms. The molecule has 0 radical (unpaired) electrons. The van der Waals surface area contributed by atoms with E-state index < -0.39 is 5.60 Å². The quantitative estimate of drug-likeness (QED) is 0.315. The van der Waals surface area contributed by atoms with Crippen LogP contribution in [0.25, 0.3) is 5.52 Å². The highest BCUT2D eigenvalue weighted by Crippen LogP contribution is 2.25. The monoisotopic (exact) mass is 542 g/mol. The second kappa shape index (κ2) is 13.7. The van der Waals surface area contributed by atoms with Gasteiger partial charge in [0, 0.05) is 26.1 Å². The molecule has 1 aliphatic heterocycles. The lowest BCUT2D eigenvalue weighted by atomic mass is 9.91. The number of aromatic nitrogens is 3. The number of likely N-dealkylation sites (tertiary alicyclic amines) is 1. The number of nitrogens with one attached hydrogen (secondary N) is 1. The van der Waals surface area contributed by atoms with E-state index in [2.05, 4.69) is 28.6 Å². The molecule has 0 saturated carbocycles. The zero-order valence-electron chi connectivity index (χ0n) is 22.2. The number of hydrogen-bond acceptors (Lipinski definition) is 8. The first-order chi connectivity index (χ1) is 18.9. The van der Waals surface area contributed by atoms with Gasteiger partial charge in [-0.05, 0) is 44.2 Å². The number of ether oxygens (including phenoxy) is 2. The summed E-state index contributed by atoms with van der Waals surface area (Å²) in [4.78, 5) is 39.8. The van der Waals surface area contributed by atoms with E-state index in [1.54, 1.807) is 17.0 Å². The van der Waals surface area contributed by atoms with Crippen molar-refractivity contribution in [1.29, 1.82) is 0 Å². The van der Waals surface area contributed by atoms with Crippen LogP contribution in [0.5, 0.6) is 0 Å². The topological polar surface area (TPSA) is 153 Å². The van der Waals surface area contributed by atoms with E-state index in [1.165, 1.54) is 21.0 Å². The summed E-state index contributed by atoms with van der Waals surface area (Å²) in [6, 6.07) is 3.17. The molecular weight excluding hydrogens is 504 g/mol. The second-order valence-corrected chi connectivity index (χ2v) is 9.95. The van der Waals surface area contributed by atoms with Crippen molar-refractivity contribution in [1.82, 2.24) is 19.1 Å². The van der Waals surface area contributed by atoms with Crippen LogP contribution in [0, 0.1) is 0 Å². The Hall–Kier alpha value is -3.32. The summed E-state index contributed by atoms with van der Waals surface area (Å²) < 4.78 is 13.2. The lowest BCUT2D eigenvalue weighted by Gasteiger charge is -2.38. The van der Waals surface area contributed by atoms with Gasteiger partial charge in [-0.15, -0.1) is 0 Å². The Morgan fingerprint density at radius 2 is 1.92 bits per heavy atom. The first kappa shape index (κ1) is 28.7. The van der Waals surface area contributed by atoms with Crippen LogP contribution >= 0.6 is 0 Å². The highest BCUT2D eigenvalue weighted by molar-refractivity contribution is 5.91. The molecule has 2 aromatic rings. The van der Waals surface area contributed by atoms with Crippen molar-refractivity contribution in [3.63, 3.8) is 0 Å². The number of allylic oxidation sites excluding steroid dienone is 4. The third-order valence-electron chi connectivity index (χ3n) is 6.99. The summed E-state index contributed by atoms with van der Waals surface area (Å²) in [5, 5.41) is 18.2. The van der Waals surface area contributed by atoms with Gasteiger partial charge in [0.1, 0.15) is 24.3 Å². The fourth-order valence-corrected chi connectivity index (χ4v) is 4.79. The van der Waals surface area contributed by atoms with Gasteiger partial charge < -0.3 is 30.5 Å². The molecule has 0 unspecified atom stereocenters. The maximum Gasteiger partial charge on any atom is 0.277 e. The van der Waals surface area contributed by atoms with Crippen molar-refractivity contribution in [2.45, 2.75) is 50.7 Å². The van der Waals surface area contributed by atoms with Crippen LogP contribution in [0.15, 0.2) is 47.1 Å². The van der Waals surface area contributed by atoms with Crippen molar-refractivity contribution < 1.29 is 24.2 Å². The zero-order valence-corrected chi connectivity index (χ0v) is 22.2. The van der Waals surface area contributed by atoms with Crippen molar-refractivity contribution >= 4 is 23.1 Å². The maximum atomic E-state index is 13.1. The van der Waals surface area contributed by atoms with Crippen LogP contribution in [0.2, 0.25) is 0 Å². The summed E-state index contributed by atoms with van der Waals surface area (Å²) in [6.07, 6.45) is 11.8. The standard InChI is InChI=1S/C27H38N6O6/c28-12-15-38-16-17-39-18-24(34)30-23-8-7-22-26(36)32(20-29-33(22)23)19-27(37)10-13-31(14-11-27)25(35)9-6-21-4-2-1-3-5-21/h2,4-5,7-8,20,37H,1,3,6,9-19,28H2,(H,30,34). The normalized spacial score (nSPS) is 16.9. The smallest absolute Gasteiger partial charge is 0.277 e. The molecule has 2 aliphatic rings. The molecule has 0 atom stereocenters. The highest BCUT2D eigenvalue weighted by Gasteiger charge is 2.34. The molecule has 0 spiro atoms. The van der Waals surface area contributed by atoms with Crippen molar-refractivity contribution in [2.24, 2.45) is 5.73 Å². The number of aliphatic hydroxyl groups is 1. The minimum atomic E-state index is -1.12. The lowest BCUT2D eigenvalue weighted by Crippen LogP contribution is -2.49. The van der Waals surface area contributed by atoms with E-state index in [4.69, 9.17) is 15.2 Å². The van der Waals surface area contributed by atoms with Crippen molar-refractivity contribution in [3.8, 4) is 0 Å². The number of nitrogens with two attached hydrogens (primary N) is 1. The number of carbonyl (C=O) groups is 2. The molecule has 212 valence electrons. The summed E-state index contributed by atoms with van der Waals surface area (Å²) in [7, 11) is 0. The third-order valence-corrected chi connectivity index (χ3v) is 6.99. The number of piperidine rings is 1. The van der Waals surface area contributed by atoms with Gasteiger partial charge in [0.2, 0.25) is 5.91 Å². The minimum Gasteiger partial charge on any atom is -0.388 e. The Morgan fingerprint density at radius 3 is 2.67 bits per heavy atom. The molecule has 0 aromatic carbocycles. The molecule has 4 rings (SSSR count). The molecule has 3 heterocycles. The Labute approximate surface area is 227 Å². The van der Waals surface area contributed by atoms with E-state index in [0.29, 0.717) is 57.9 Å². The predicted molar refractivity (Wildman–Crippen MR) is 145 cm³/mol. The van der Waals surface area contributed by atoms with Crippen molar-refractivity contribution in [3.05, 3.63) is 52.6 Å². The van der Waals surface area contributed by atoms with Crippen LogP contribution in [0.4, 0.5) is 5.82 Å². The molecule has 4 N–H and O–H groups in total. The minimum absolute atomic E-state index is 0.0714. The Bertz CT molecular complexity index is 1260. The van der Waals surface area contributed by atoms with Gasteiger partial charge in [0.25, 0.3) is 11.5 Å². The third kappa shape index (κ3) is 7.85. The number of rotatable bonds is 13. The summed E-state index contributed by atoms with van der Waals surface area (Å²) >= 11 is 0. The molecular formula is C27H38N6O6. The number of fused-ring (bicyclic) bond motifs is 1. The summed E-state index contributed by atoms with van der Waals surface area (Å²) in [5.74, 6) is 0.0415. The lowest BCUT2D eigenvalue weighted by molar-refractivity contribution is -0.135. The first-order valence-corrected chi connectivity index (χ1v) is 13.5.